The maximum atomic E-state index is 11.9. The van der Waals surface area contributed by atoms with Gasteiger partial charge in [0, 0.05) is 0 Å². The molecule has 0 saturated heterocycles. The largest absolute Gasteiger partial charge is 0.257 e. The monoisotopic (exact) mass is 191 g/mol. The van der Waals surface area contributed by atoms with Crippen molar-refractivity contribution in [3.8, 4) is 0 Å². The van der Waals surface area contributed by atoms with Crippen LogP contribution in [0.4, 0.5) is 4.39 Å². The molecule has 0 saturated carbocycles. The zero-order valence-corrected chi connectivity index (χ0v) is 6.65. The molecule has 0 spiro atoms. The van der Waals surface area contributed by atoms with Crippen LogP contribution in [0.3, 0.4) is 0 Å². The first kappa shape index (κ1) is 8.56. The third-order valence-corrected chi connectivity index (χ3v) is 1.12. The van der Waals surface area contributed by atoms with Crippen LogP contribution in [0, 0.1) is 0 Å². The van der Waals surface area contributed by atoms with Gasteiger partial charge in [-0.25, -0.2) is 4.39 Å². The molecule has 0 N–H and O–H groups in total. The molecule has 0 radical (unpaired) electrons. The van der Waals surface area contributed by atoms with Crippen molar-refractivity contribution in [3.63, 3.8) is 0 Å². The van der Waals surface area contributed by atoms with Gasteiger partial charge in [0.2, 0.25) is 0 Å². The predicted octanol–water partition coefficient (Wildman–Crippen LogP) is 2.80. The van der Waals surface area contributed by atoms with Gasteiger partial charge in [-0.15, -0.1) is 0 Å². The van der Waals surface area contributed by atoms with Gasteiger partial charge in [0.25, 0.3) is 0 Å². The SMILES string of the molecule is C=N/C(Br)=C\C=C(/C)F. The van der Waals surface area contributed by atoms with Gasteiger partial charge in [-0.3, -0.25) is 4.99 Å². The predicted molar refractivity (Wildman–Crippen MR) is 41.4 cm³/mol. The quantitative estimate of drug-likeness (QED) is 0.362. The number of aliphatic imine (C=N–C) groups is 1. The van der Waals surface area contributed by atoms with Gasteiger partial charge in [0.15, 0.2) is 0 Å². The normalized spacial score (nSPS) is 13.7. The van der Waals surface area contributed by atoms with Crippen molar-refractivity contribution < 1.29 is 4.39 Å². The van der Waals surface area contributed by atoms with Crippen molar-refractivity contribution >= 4 is 22.6 Å². The Morgan fingerprint density at radius 1 is 1.67 bits per heavy atom. The molecule has 1 nitrogen and oxygen atoms in total. The van der Waals surface area contributed by atoms with E-state index in [1.165, 1.54) is 19.1 Å². The van der Waals surface area contributed by atoms with Crippen LogP contribution in [-0.2, 0) is 0 Å². The summed E-state index contributed by atoms with van der Waals surface area (Å²) in [5, 5.41) is 0. The van der Waals surface area contributed by atoms with Gasteiger partial charge in [0.05, 0.1) is 5.83 Å². The highest BCUT2D eigenvalue weighted by molar-refractivity contribution is 9.11. The van der Waals surface area contributed by atoms with Gasteiger partial charge in [-0.2, -0.15) is 0 Å². The van der Waals surface area contributed by atoms with Gasteiger partial charge in [-0.05, 0) is 41.7 Å². The summed E-state index contributed by atoms with van der Waals surface area (Å²) in [6.45, 7) is 4.58. The number of nitrogens with zero attached hydrogens (tertiary/aromatic N) is 1. The number of hydrogen-bond donors (Lipinski definition) is 0. The fourth-order valence-corrected chi connectivity index (χ4v) is 0.368. The standard InChI is InChI=1S/C6H7BrFN/c1-5(8)3-4-6(7)9-2/h3-4H,2H2,1H3/b5-3+,6-4-. The van der Waals surface area contributed by atoms with Crippen molar-refractivity contribution in [1.29, 1.82) is 0 Å². The lowest BCUT2D eigenvalue weighted by atomic mass is 10.5. The molecule has 0 aromatic heterocycles. The van der Waals surface area contributed by atoms with E-state index in [1.807, 2.05) is 0 Å². The second-order valence-electron chi connectivity index (χ2n) is 1.40. The average molecular weight is 192 g/mol. The summed E-state index contributed by atoms with van der Waals surface area (Å²) in [6.07, 6.45) is 2.79. The summed E-state index contributed by atoms with van der Waals surface area (Å²) in [4.78, 5) is 3.48. The molecule has 0 unspecified atom stereocenters. The Morgan fingerprint density at radius 3 is 2.56 bits per heavy atom. The van der Waals surface area contributed by atoms with Crippen LogP contribution >= 0.6 is 15.9 Å². The Labute approximate surface area is 62.1 Å². The number of allylic oxidation sites excluding steroid dienone is 3. The van der Waals surface area contributed by atoms with Crippen LogP contribution in [0.25, 0.3) is 0 Å². The van der Waals surface area contributed by atoms with Gasteiger partial charge >= 0.3 is 0 Å². The summed E-state index contributed by atoms with van der Waals surface area (Å²) in [5.74, 6) is -0.254. The van der Waals surface area contributed by atoms with Gasteiger partial charge in [-0.1, -0.05) is 0 Å². The molecule has 0 bridgehead atoms. The van der Waals surface area contributed by atoms with E-state index in [0.29, 0.717) is 4.61 Å². The third-order valence-electron chi connectivity index (χ3n) is 0.602. The lowest BCUT2D eigenvalue weighted by Gasteiger charge is -1.81. The van der Waals surface area contributed by atoms with Crippen molar-refractivity contribution in [3.05, 3.63) is 22.6 Å². The van der Waals surface area contributed by atoms with Crippen LogP contribution in [-0.4, -0.2) is 6.72 Å². The Bertz CT molecular complexity index is 156. The van der Waals surface area contributed by atoms with Crippen molar-refractivity contribution in [2.75, 3.05) is 0 Å². The molecule has 0 aliphatic carbocycles. The minimum Gasteiger partial charge on any atom is -0.257 e. The Balaban J connectivity index is 3.98. The van der Waals surface area contributed by atoms with Crippen molar-refractivity contribution in [1.82, 2.24) is 0 Å². The van der Waals surface area contributed by atoms with E-state index in [4.69, 9.17) is 0 Å². The zero-order chi connectivity index (χ0) is 7.28. The number of hydrogen-bond acceptors (Lipinski definition) is 1. The van der Waals surface area contributed by atoms with Gasteiger partial charge < -0.3 is 0 Å². The molecule has 0 rings (SSSR count). The summed E-state index contributed by atoms with van der Waals surface area (Å²) in [7, 11) is 0. The molecule has 0 heterocycles. The summed E-state index contributed by atoms with van der Waals surface area (Å²) >= 11 is 3.03. The van der Waals surface area contributed by atoms with Crippen LogP contribution in [0.15, 0.2) is 27.6 Å². The van der Waals surface area contributed by atoms with Crippen molar-refractivity contribution in [2.24, 2.45) is 4.99 Å². The molecule has 0 aliphatic rings. The second-order valence-corrected chi connectivity index (χ2v) is 2.21. The maximum Gasteiger partial charge on any atom is 0.105 e. The Kier molecular flexibility index (Phi) is 4.22. The molecule has 9 heavy (non-hydrogen) atoms. The summed E-state index contributed by atoms with van der Waals surface area (Å²) in [6, 6.07) is 0. The van der Waals surface area contributed by atoms with E-state index in [2.05, 4.69) is 27.6 Å². The molecule has 0 atom stereocenters. The molecule has 0 aliphatic heterocycles. The first-order valence-corrected chi connectivity index (χ1v) is 3.12. The summed E-state index contributed by atoms with van der Waals surface area (Å²) < 4.78 is 12.5. The molecule has 50 valence electrons. The molecular weight excluding hydrogens is 185 g/mol. The average Bonchev–Trinajstić information content (AvgIpc) is 1.83. The van der Waals surface area contributed by atoms with Gasteiger partial charge in [0.1, 0.15) is 4.61 Å². The van der Waals surface area contributed by atoms with E-state index in [1.54, 1.807) is 0 Å². The van der Waals surface area contributed by atoms with Crippen LogP contribution < -0.4 is 0 Å². The third kappa shape index (κ3) is 5.43. The van der Waals surface area contributed by atoms with E-state index < -0.39 is 0 Å². The fraction of sp³-hybridized carbons (Fsp3) is 0.167. The minimum atomic E-state index is -0.254. The lowest BCUT2D eigenvalue weighted by Crippen LogP contribution is -1.60. The van der Waals surface area contributed by atoms with Crippen LogP contribution in [0.1, 0.15) is 6.92 Å². The highest BCUT2D eigenvalue weighted by Crippen LogP contribution is 2.06. The fourth-order valence-electron chi connectivity index (χ4n) is 0.236. The highest BCUT2D eigenvalue weighted by atomic mass is 79.9. The van der Waals surface area contributed by atoms with E-state index in [-0.39, 0.29) is 5.83 Å². The topological polar surface area (TPSA) is 12.4 Å². The molecule has 0 aromatic carbocycles. The van der Waals surface area contributed by atoms with E-state index in [9.17, 15) is 4.39 Å². The van der Waals surface area contributed by atoms with E-state index in [0.717, 1.165) is 0 Å². The molecular formula is C6H7BrFN. The zero-order valence-electron chi connectivity index (χ0n) is 5.06. The highest BCUT2D eigenvalue weighted by Gasteiger charge is 1.80. The summed E-state index contributed by atoms with van der Waals surface area (Å²) in [5.41, 5.74) is 0. The second kappa shape index (κ2) is 4.44. The maximum absolute atomic E-state index is 11.9. The van der Waals surface area contributed by atoms with Crippen LogP contribution in [0.5, 0.6) is 0 Å². The smallest absolute Gasteiger partial charge is 0.105 e. The lowest BCUT2D eigenvalue weighted by molar-refractivity contribution is 0.640. The Morgan fingerprint density at radius 2 is 2.22 bits per heavy atom. The first-order valence-electron chi connectivity index (χ1n) is 2.33. The van der Waals surface area contributed by atoms with Crippen molar-refractivity contribution in [2.45, 2.75) is 6.92 Å². The number of halogens is 2. The molecule has 0 aromatic rings. The van der Waals surface area contributed by atoms with Crippen LogP contribution in [0.2, 0.25) is 0 Å². The Hall–Kier alpha value is -0.440. The number of rotatable bonds is 2. The molecule has 0 fully saturated rings. The van der Waals surface area contributed by atoms with E-state index >= 15 is 0 Å². The molecule has 3 heteroatoms. The minimum absolute atomic E-state index is 0.254. The first-order chi connectivity index (χ1) is 4.16. The molecule has 0 amide bonds.